The number of benzene rings is 2. The molecule has 1 amide bonds. The van der Waals surface area contributed by atoms with Gasteiger partial charge in [-0.05, 0) is 37.8 Å². The highest BCUT2D eigenvalue weighted by Crippen LogP contribution is 2.34. The standard InChI is InChI=1S/C23H21NO7S/c1-4-30-23(29)18-12(2)20(13(3)25)32-21(18)24-17(26)11-31-22(28)16-10-9-14-7-5-6-8-15(14)19(16)27/h5-10,27H,4,11H2,1-3H3,(H,24,26). The highest BCUT2D eigenvalue weighted by atomic mass is 32.1. The van der Waals surface area contributed by atoms with Crippen LogP contribution in [0.4, 0.5) is 5.00 Å². The molecular weight excluding hydrogens is 434 g/mol. The van der Waals surface area contributed by atoms with Crippen molar-refractivity contribution in [3.8, 4) is 5.75 Å². The quantitative estimate of drug-likeness (QED) is 0.407. The number of hydrogen-bond donors (Lipinski definition) is 2. The third-order valence-electron chi connectivity index (χ3n) is 4.65. The molecule has 0 bridgehead atoms. The number of aromatic hydroxyl groups is 1. The first kappa shape index (κ1) is 23.0. The maximum Gasteiger partial charge on any atom is 0.342 e. The molecule has 2 aromatic carbocycles. The van der Waals surface area contributed by atoms with Gasteiger partial charge in [0.05, 0.1) is 17.0 Å². The normalized spacial score (nSPS) is 10.6. The molecule has 2 N–H and O–H groups in total. The minimum absolute atomic E-state index is 0.0745. The number of rotatable bonds is 7. The SMILES string of the molecule is CCOC(=O)c1c(NC(=O)COC(=O)c2ccc3ccccc3c2O)sc(C(C)=O)c1C. The van der Waals surface area contributed by atoms with Crippen molar-refractivity contribution in [3.63, 3.8) is 0 Å². The highest BCUT2D eigenvalue weighted by Gasteiger charge is 2.25. The molecule has 32 heavy (non-hydrogen) atoms. The average molecular weight is 455 g/mol. The van der Waals surface area contributed by atoms with Crippen molar-refractivity contribution in [3.05, 3.63) is 58.0 Å². The predicted octanol–water partition coefficient (Wildman–Crippen LogP) is 4.09. The van der Waals surface area contributed by atoms with Crippen molar-refractivity contribution in [1.82, 2.24) is 0 Å². The zero-order valence-corrected chi connectivity index (χ0v) is 18.5. The lowest BCUT2D eigenvalue weighted by molar-refractivity contribution is -0.119. The van der Waals surface area contributed by atoms with Crippen LogP contribution < -0.4 is 5.32 Å². The maximum absolute atomic E-state index is 12.4. The van der Waals surface area contributed by atoms with Crippen molar-refractivity contribution >= 4 is 50.7 Å². The summed E-state index contributed by atoms with van der Waals surface area (Å²) in [5.41, 5.74) is 0.428. The number of esters is 2. The van der Waals surface area contributed by atoms with E-state index in [-0.39, 0.29) is 34.3 Å². The Morgan fingerprint density at radius 2 is 1.75 bits per heavy atom. The molecule has 0 radical (unpaired) electrons. The van der Waals surface area contributed by atoms with E-state index < -0.39 is 24.5 Å². The second-order valence-electron chi connectivity index (χ2n) is 6.84. The van der Waals surface area contributed by atoms with E-state index in [1.54, 1.807) is 44.2 Å². The summed E-state index contributed by atoms with van der Waals surface area (Å²) < 4.78 is 10.1. The fourth-order valence-electron chi connectivity index (χ4n) is 3.18. The number of hydrogen-bond acceptors (Lipinski definition) is 8. The monoisotopic (exact) mass is 455 g/mol. The Hall–Kier alpha value is -3.72. The van der Waals surface area contributed by atoms with Crippen molar-refractivity contribution in [2.75, 3.05) is 18.5 Å². The molecule has 0 aliphatic carbocycles. The number of ketones is 1. The molecule has 0 saturated carbocycles. The van der Waals surface area contributed by atoms with Crippen LogP contribution in [0.25, 0.3) is 10.8 Å². The summed E-state index contributed by atoms with van der Waals surface area (Å²) in [6.45, 7) is 4.07. The maximum atomic E-state index is 12.4. The van der Waals surface area contributed by atoms with Gasteiger partial charge in [-0.3, -0.25) is 9.59 Å². The van der Waals surface area contributed by atoms with E-state index in [0.29, 0.717) is 15.8 Å². The van der Waals surface area contributed by atoms with Gasteiger partial charge < -0.3 is 19.9 Å². The van der Waals surface area contributed by atoms with Gasteiger partial charge in [0.2, 0.25) is 0 Å². The van der Waals surface area contributed by atoms with Gasteiger partial charge in [0, 0.05) is 5.39 Å². The third kappa shape index (κ3) is 4.62. The number of amides is 1. The van der Waals surface area contributed by atoms with Gasteiger partial charge in [0.15, 0.2) is 12.4 Å². The number of phenolic OH excluding ortho intramolecular Hbond substituents is 1. The Morgan fingerprint density at radius 1 is 1.03 bits per heavy atom. The molecule has 0 aliphatic heterocycles. The summed E-state index contributed by atoms with van der Waals surface area (Å²) in [5, 5.41) is 14.2. The fourth-order valence-corrected chi connectivity index (χ4v) is 4.28. The first-order valence-electron chi connectivity index (χ1n) is 9.73. The zero-order chi connectivity index (χ0) is 23.4. The first-order chi connectivity index (χ1) is 15.2. The van der Waals surface area contributed by atoms with Gasteiger partial charge in [0.1, 0.15) is 16.3 Å². The van der Waals surface area contributed by atoms with Crippen molar-refractivity contribution < 1.29 is 33.8 Å². The lowest BCUT2D eigenvalue weighted by atomic mass is 10.1. The number of phenols is 1. The second-order valence-corrected chi connectivity index (χ2v) is 7.86. The van der Waals surface area contributed by atoms with Gasteiger partial charge in [-0.25, -0.2) is 9.59 Å². The lowest BCUT2D eigenvalue weighted by Crippen LogP contribution is -2.21. The smallest absolute Gasteiger partial charge is 0.342 e. The van der Waals surface area contributed by atoms with Crippen LogP contribution in [0.3, 0.4) is 0 Å². The molecule has 0 unspecified atom stereocenters. The molecule has 0 saturated heterocycles. The molecule has 0 aliphatic rings. The number of Topliss-reactive ketones (excluding diaryl/α,β-unsaturated/α-hetero) is 1. The summed E-state index contributed by atoms with van der Waals surface area (Å²) in [5.74, 6) is -2.74. The number of nitrogens with one attached hydrogen (secondary N) is 1. The van der Waals surface area contributed by atoms with E-state index in [1.165, 1.54) is 13.0 Å². The number of thiophene rings is 1. The molecule has 0 fully saturated rings. The van der Waals surface area contributed by atoms with Crippen LogP contribution in [0.2, 0.25) is 0 Å². The van der Waals surface area contributed by atoms with Crippen LogP contribution in [-0.4, -0.2) is 41.9 Å². The molecule has 3 aromatic rings. The number of carbonyl (C=O) groups excluding carboxylic acids is 4. The highest BCUT2D eigenvalue weighted by molar-refractivity contribution is 7.18. The molecule has 3 rings (SSSR count). The Bertz CT molecular complexity index is 1230. The van der Waals surface area contributed by atoms with Crippen LogP contribution in [0.15, 0.2) is 36.4 Å². The minimum Gasteiger partial charge on any atom is -0.506 e. The molecular formula is C23H21NO7S. The molecule has 9 heteroatoms. The Labute approximate surface area is 187 Å². The van der Waals surface area contributed by atoms with Crippen LogP contribution in [0.5, 0.6) is 5.75 Å². The van der Waals surface area contributed by atoms with Gasteiger partial charge in [-0.2, -0.15) is 0 Å². The van der Waals surface area contributed by atoms with E-state index in [2.05, 4.69) is 5.32 Å². The number of carbonyl (C=O) groups is 4. The molecule has 1 heterocycles. The number of ether oxygens (including phenoxy) is 2. The lowest BCUT2D eigenvalue weighted by Gasteiger charge is -2.09. The summed E-state index contributed by atoms with van der Waals surface area (Å²) in [7, 11) is 0. The third-order valence-corrected chi connectivity index (χ3v) is 5.96. The van der Waals surface area contributed by atoms with Crippen LogP contribution in [-0.2, 0) is 14.3 Å². The van der Waals surface area contributed by atoms with Crippen LogP contribution >= 0.6 is 11.3 Å². The summed E-state index contributed by atoms with van der Waals surface area (Å²) >= 11 is 0.948. The van der Waals surface area contributed by atoms with Crippen molar-refractivity contribution in [2.45, 2.75) is 20.8 Å². The fraction of sp³-hybridized carbons (Fsp3) is 0.217. The van der Waals surface area contributed by atoms with E-state index in [1.807, 2.05) is 0 Å². The van der Waals surface area contributed by atoms with Gasteiger partial charge in [0.25, 0.3) is 5.91 Å². The van der Waals surface area contributed by atoms with E-state index in [4.69, 9.17) is 9.47 Å². The average Bonchev–Trinajstić information content (AvgIpc) is 3.08. The number of fused-ring (bicyclic) bond motifs is 1. The van der Waals surface area contributed by atoms with E-state index in [0.717, 1.165) is 16.7 Å². The number of anilines is 1. The Balaban J connectivity index is 1.74. The summed E-state index contributed by atoms with van der Waals surface area (Å²) in [6, 6.07) is 10.1. The molecule has 0 atom stereocenters. The zero-order valence-electron chi connectivity index (χ0n) is 17.7. The minimum atomic E-state index is -0.874. The van der Waals surface area contributed by atoms with Crippen molar-refractivity contribution in [2.24, 2.45) is 0 Å². The van der Waals surface area contributed by atoms with Crippen LogP contribution in [0, 0.1) is 6.92 Å². The topological polar surface area (TPSA) is 119 Å². The molecule has 0 spiro atoms. The molecule has 8 nitrogen and oxygen atoms in total. The predicted molar refractivity (Wildman–Crippen MR) is 120 cm³/mol. The van der Waals surface area contributed by atoms with Crippen LogP contribution in [0.1, 0.15) is 49.8 Å². The van der Waals surface area contributed by atoms with Gasteiger partial charge in [-0.15, -0.1) is 11.3 Å². The van der Waals surface area contributed by atoms with E-state index >= 15 is 0 Å². The Morgan fingerprint density at radius 3 is 2.44 bits per heavy atom. The van der Waals surface area contributed by atoms with Gasteiger partial charge in [-0.1, -0.05) is 30.3 Å². The second kappa shape index (κ2) is 9.61. The van der Waals surface area contributed by atoms with Crippen molar-refractivity contribution in [1.29, 1.82) is 0 Å². The molecule has 166 valence electrons. The largest absolute Gasteiger partial charge is 0.506 e. The molecule has 1 aromatic heterocycles. The van der Waals surface area contributed by atoms with Gasteiger partial charge >= 0.3 is 11.9 Å². The Kier molecular flexibility index (Phi) is 6.89. The summed E-state index contributed by atoms with van der Waals surface area (Å²) in [6.07, 6.45) is 0. The van der Waals surface area contributed by atoms with E-state index in [9.17, 15) is 24.3 Å². The first-order valence-corrected chi connectivity index (χ1v) is 10.5. The summed E-state index contributed by atoms with van der Waals surface area (Å²) in [4.78, 5) is 49.3.